The minimum atomic E-state index is -0.580. The molecule has 0 radical (unpaired) electrons. The molecule has 0 atom stereocenters. The van der Waals surface area contributed by atoms with Crippen LogP contribution in [0.1, 0.15) is 16.1 Å². The summed E-state index contributed by atoms with van der Waals surface area (Å²) in [5.41, 5.74) is 5.76. The van der Waals surface area contributed by atoms with Crippen LogP contribution in [0, 0.1) is 6.92 Å². The number of benzene rings is 1. The van der Waals surface area contributed by atoms with Crippen molar-refractivity contribution in [3.8, 4) is 17.1 Å². The predicted octanol–water partition coefficient (Wildman–Crippen LogP) is 2.99. The number of carbonyl (C=O) groups excluding carboxylic acids is 1. The Hall–Kier alpha value is -4.02. The number of fused-ring (bicyclic) bond motifs is 1. The van der Waals surface area contributed by atoms with Gasteiger partial charge in [-0.2, -0.15) is 0 Å². The molecule has 1 aromatic carbocycles. The summed E-state index contributed by atoms with van der Waals surface area (Å²) in [5, 5.41) is 11.8. The van der Waals surface area contributed by atoms with Gasteiger partial charge in [-0.1, -0.05) is 0 Å². The number of pyridine rings is 1. The monoisotopic (exact) mass is 434 g/mol. The average molecular weight is 434 g/mol. The van der Waals surface area contributed by atoms with Crippen molar-refractivity contribution in [3.05, 3.63) is 66.1 Å². The summed E-state index contributed by atoms with van der Waals surface area (Å²) in [6, 6.07) is 12.1. The predicted molar refractivity (Wildman–Crippen MR) is 117 cm³/mol. The highest BCUT2D eigenvalue weighted by molar-refractivity contribution is 5.93. The lowest BCUT2D eigenvalue weighted by Gasteiger charge is -2.09. The zero-order chi connectivity index (χ0) is 22.5. The minimum absolute atomic E-state index is 0.331. The fourth-order valence-corrected chi connectivity index (χ4v) is 3.23. The molecule has 10 nitrogen and oxygen atoms in total. The van der Waals surface area contributed by atoms with Gasteiger partial charge in [0.2, 0.25) is 5.95 Å². The van der Waals surface area contributed by atoms with Crippen LogP contribution in [0.5, 0.6) is 5.75 Å². The first-order valence-electron chi connectivity index (χ1n) is 9.84. The number of hydrogen-bond donors (Lipinski definition) is 3. The molecule has 4 aromatic rings. The first-order chi connectivity index (χ1) is 15.6. The lowest BCUT2D eigenvalue weighted by molar-refractivity contribution is 0.0706. The summed E-state index contributed by atoms with van der Waals surface area (Å²) < 4.78 is 12.7. The molecular weight excluding hydrogens is 412 g/mol. The van der Waals surface area contributed by atoms with Gasteiger partial charge in [-0.05, 0) is 49.4 Å². The zero-order valence-electron chi connectivity index (χ0n) is 17.6. The average Bonchev–Trinajstić information content (AvgIpc) is 3.14. The SMILES string of the molecule is COCCOc1ccc2nc(C)c(-c3ccnc(Nc4ccc(C(=O)NO)cc4)n3)n2c1. The Morgan fingerprint density at radius 3 is 2.66 bits per heavy atom. The van der Waals surface area contributed by atoms with Gasteiger partial charge in [-0.3, -0.25) is 14.4 Å². The molecule has 10 heteroatoms. The van der Waals surface area contributed by atoms with Crippen LogP contribution < -0.4 is 15.5 Å². The Kier molecular flexibility index (Phi) is 6.24. The molecule has 4 rings (SSSR count). The Bertz CT molecular complexity index is 1240. The van der Waals surface area contributed by atoms with Gasteiger partial charge in [-0.25, -0.2) is 20.4 Å². The van der Waals surface area contributed by atoms with E-state index in [0.29, 0.717) is 41.9 Å². The standard InChI is InChI=1S/C22H22N6O4/c1-14-20(28-13-17(32-12-11-31-2)7-8-19(28)24-14)18-9-10-23-22(26-18)25-16-5-3-15(4-6-16)21(29)27-30/h3-10,13,30H,11-12H2,1-2H3,(H,27,29)(H,23,25,26). The number of aryl methyl sites for hydroxylation is 1. The number of methoxy groups -OCH3 is 1. The number of nitrogens with zero attached hydrogens (tertiary/aromatic N) is 4. The molecule has 0 saturated heterocycles. The number of aromatic nitrogens is 4. The molecule has 0 fully saturated rings. The number of imidazole rings is 1. The number of hydrogen-bond acceptors (Lipinski definition) is 8. The number of carbonyl (C=O) groups is 1. The van der Waals surface area contributed by atoms with Gasteiger partial charge in [-0.15, -0.1) is 0 Å². The van der Waals surface area contributed by atoms with E-state index >= 15 is 0 Å². The topological polar surface area (TPSA) is 123 Å². The van der Waals surface area contributed by atoms with Crippen molar-refractivity contribution in [1.82, 2.24) is 24.8 Å². The van der Waals surface area contributed by atoms with E-state index in [1.807, 2.05) is 35.7 Å². The molecule has 0 aliphatic carbocycles. The molecule has 0 spiro atoms. The molecule has 0 unspecified atom stereocenters. The fourth-order valence-electron chi connectivity index (χ4n) is 3.23. The van der Waals surface area contributed by atoms with Crippen LogP contribution in [0.3, 0.4) is 0 Å². The third-order valence-corrected chi connectivity index (χ3v) is 4.72. The molecule has 3 N–H and O–H groups in total. The highest BCUT2D eigenvalue weighted by atomic mass is 16.5. The Morgan fingerprint density at radius 1 is 1.09 bits per heavy atom. The summed E-state index contributed by atoms with van der Waals surface area (Å²) in [5.74, 6) is 0.514. The van der Waals surface area contributed by atoms with E-state index in [4.69, 9.17) is 14.7 Å². The molecule has 32 heavy (non-hydrogen) atoms. The van der Waals surface area contributed by atoms with Crippen LogP contribution >= 0.6 is 0 Å². The van der Waals surface area contributed by atoms with Crippen LogP contribution in [0.15, 0.2) is 54.9 Å². The van der Waals surface area contributed by atoms with Crippen LogP contribution in [0.4, 0.5) is 11.6 Å². The van der Waals surface area contributed by atoms with Crippen molar-refractivity contribution in [3.63, 3.8) is 0 Å². The molecule has 0 aliphatic heterocycles. The minimum Gasteiger partial charge on any atom is -0.490 e. The third-order valence-electron chi connectivity index (χ3n) is 4.72. The van der Waals surface area contributed by atoms with E-state index in [2.05, 4.69) is 20.3 Å². The normalized spacial score (nSPS) is 10.8. The van der Waals surface area contributed by atoms with Crippen LogP contribution in [0.25, 0.3) is 17.0 Å². The van der Waals surface area contributed by atoms with Crippen LogP contribution in [-0.4, -0.2) is 50.8 Å². The second kappa shape index (κ2) is 9.41. The number of anilines is 2. The van der Waals surface area contributed by atoms with E-state index < -0.39 is 5.91 Å². The molecule has 3 heterocycles. The summed E-state index contributed by atoms with van der Waals surface area (Å²) in [7, 11) is 1.63. The highest BCUT2D eigenvalue weighted by Gasteiger charge is 2.14. The van der Waals surface area contributed by atoms with Crippen molar-refractivity contribution in [1.29, 1.82) is 0 Å². The lowest BCUT2D eigenvalue weighted by Crippen LogP contribution is -2.18. The van der Waals surface area contributed by atoms with Gasteiger partial charge < -0.3 is 14.8 Å². The smallest absolute Gasteiger partial charge is 0.274 e. The summed E-state index contributed by atoms with van der Waals surface area (Å²) in [6.45, 7) is 2.87. The number of hydroxylamine groups is 1. The van der Waals surface area contributed by atoms with Gasteiger partial charge in [0.25, 0.3) is 5.91 Å². The molecule has 0 saturated carbocycles. The van der Waals surface area contributed by atoms with Crippen molar-refractivity contribution in [2.45, 2.75) is 6.92 Å². The largest absolute Gasteiger partial charge is 0.490 e. The number of ether oxygens (including phenoxy) is 2. The van der Waals surface area contributed by atoms with E-state index in [0.717, 1.165) is 17.0 Å². The van der Waals surface area contributed by atoms with Crippen molar-refractivity contribution in [2.75, 3.05) is 25.6 Å². The first-order valence-corrected chi connectivity index (χ1v) is 9.84. The van der Waals surface area contributed by atoms with Crippen molar-refractivity contribution >= 4 is 23.2 Å². The van der Waals surface area contributed by atoms with Crippen molar-refractivity contribution in [2.24, 2.45) is 0 Å². The summed E-state index contributed by atoms with van der Waals surface area (Å²) in [6.07, 6.45) is 3.54. The molecule has 164 valence electrons. The molecule has 1 amide bonds. The molecule has 0 aliphatic rings. The first kappa shape index (κ1) is 21.2. The number of amides is 1. The maximum absolute atomic E-state index is 11.5. The second-order valence-electron chi connectivity index (χ2n) is 6.89. The van der Waals surface area contributed by atoms with Crippen molar-refractivity contribution < 1.29 is 19.5 Å². The maximum atomic E-state index is 11.5. The quantitative estimate of drug-likeness (QED) is 0.220. The highest BCUT2D eigenvalue weighted by Crippen LogP contribution is 2.26. The van der Waals surface area contributed by atoms with E-state index in [9.17, 15) is 4.79 Å². The molecule has 3 aromatic heterocycles. The van der Waals surface area contributed by atoms with Crippen LogP contribution in [-0.2, 0) is 4.74 Å². The van der Waals surface area contributed by atoms with Gasteiger partial charge in [0.05, 0.1) is 29.9 Å². The lowest BCUT2D eigenvalue weighted by atomic mass is 10.2. The van der Waals surface area contributed by atoms with Gasteiger partial charge in [0.15, 0.2) is 0 Å². The number of nitrogens with one attached hydrogen (secondary N) is 2. The second-order valence-corrected chi connectivity index (χ2v) is 6.89. The van der Waals surface area contributed by atoms with E-state index in [1.54, 1.807) is 43.1 Å². The Morgan fingerprint density at radius 2 is 1.91 bits per heavy atom. The third kappa shape index (κ3) is 4.51. The Balaban J connectivity index is 1.61. The fraction of sp³-hybridized carbons (Fsp3) is 0.182. The van der Waals surface area contributed by atoms with Gasteiger partial charge in [0.1, 0.15) is 18.0 Å². The van der Waals surface area contributed by atoms with Gasteiger partial charge in [0, 0.05) is 24.6 Å². The Labute approximate surface area is 183 Å². The summed E-state index contributed by atoms with van der Waals surface area (Å²) in [4.78, 5) is 25.0. The van der Waals surface area contributed by atoms with Gasteiger partial charge >= 0.3 is 0 Å². The molecular formula is C22H22N6O4. The zero-order valence-corrected chi connectivity index (χ0v) is 17.6. The molecule has 0 bridgehead atoms. The summed E-state index contributed by atoms with van der Waals surface area (Å²) >= 11 is 0. The van der Waals surface area contributed by atoms with E-state index in [-0.39, 0.29) is 0 Å². The maximum Gasteiger partial charge on any atom is 0.274 e. The number of rotatable bonds is 8. The van der Waals surface area contributed by atoms with Crippen LogP contribution in [0.2, 0.25) is 0 Å². The van der Waals surface area contributed by atoms with E-state index in [1.165, 1.54) is 0 Å².